The van der Waals surface area contributed by atoms with Gasteiger partial charge in [0.25, 0.3) is 11.4 Å². The van der Waals surface area contributed by atoms with Crippen molar-refractivity contribution in [1.82, 2.24) is 5.32 Å². The number of nitro benzene ring substituents is 1. The molecule has 1 aliphatic heterocycles. The van der Waals surface area contributed by atoms with Crippen LogP contribution < -0.4 is 5.32 Å². The van der Waals surface area contributed by atoms with Gasteiger partial charge in [-0.25, -0.2) is 4.79 Å². The van der Waals surface area contributed by atoms with Crippen LogP contribution in [0.2, 0.25) is 0 Å². The van der Waals surface area contributed by atoms with Crippen LogP contribution in [-0.4, -0.2) is 26.5 Å². The van der Waals surface area contributed by atoms with Crippen LogP contribution in [0.1, 0.15) is 31.7 Å². The van der Waals surface area contributed by atoms with Crippen molar-refractivity contribution in [3.8, 4) is 0 Å². The standard InChI is InChI=1S/C14H15N3O6/c1-8-12(17(22)23)11(7-14(2,15-8)13(18)19)9-4-3-5-10(6-9)16(20)21/h3-6,11,15H,7H2,1-2H3,(H,18,19). The number of carbonyl (C=O) groups is 1. The van der Waals surface area contributed by atoms with E-state index in [4.69, 9.17) is 0 Å². The molecule has 9 heteroatoms. The maximum absolute atomic E-state index is 11.5. The monoisotopic (exact) mass is 321 g/mol. The largest absolute Gasteiger partial charge is 0.480 e. The van der Waals surface area contributed by atoms with Crippen molar-refractivity contribution >= 4 is 11.7 Å². The highest BCUT2D eigenvalue weighted by atomic mass is 16.6. The zero-order valence-corrected chi connectivity index (χ0v) is 12.5. The van der Waals surface area contributed by atoms with Crippen molar-refractivity contribution in [3.05, 3.63) is 61.5 Å². The number of rotatable bonds is 4. The lowest BCUT2D eigenvalue weighted by Gasteiger charge is -2.35. The van der Waals surface area contributed by atoms with E-state index in [2.05, 4.69) is 5.32 Å². The minimum atomic E-state index is -1.39. The second-order valence-electron chi connectivity index (χ2n) is 5.64. The first kappa shape index (κ1) is 16.4. The Morgan fingerprint density at radius 3 is 2.52 bits per heavy atom. The maximum atomic E-state index is 11.5. The predicted octanol–water partition coefficient (Wildman–Crippen LogP) is 2.02. The van der Waals surface area contributed by atoms with Crippen molar-refractivity contribution in [3.63, 3.8) is 0 Å². The number of hydrogen-bond acceptors (Lipinski definition) is 6. The Labute approximate surface area is 130 Å². The molecule has 2 N–H and O–H groups in total. The zero-order chi connectivity index (χ0) is 17.4. The molecule has 0 saturated heterocycles. The summed E-state index contributed by atoms with van der Waals surface area (Å²) in [5.74, 6) is -2.00. The van der Waals surface area contributed by atoms with E-state index in [0.29, 0.717) is 5.56 Å². The number of nitrogens with one attached hydrogen (secondary N) is 1. The lowest BCUT2D eigenvalue weighted by Crippen LogP contribution is -2.53. The molecule has 122 valence electrons. The van der Waals surface area contributed by atoms with Crippen LogP contribution in [0, 0.1) is 20.2 Å². The molecule has 0 aromatic heterocycles. The molecule has 23 heavy (non-hydrogen) atoms. The Morgan fingerprint density at radius 1 is 1.35 bits per heavy atom. The summed E-state index contributed by atoms with van der Waals surface area (Å²) in [6.45, 7) is 2.86. The third kappa shape index (κ3) is 2.98. The Morgan fingerprint density at radius 2 is 2.00 bits per heavy atom. The van der Waals surface area contributed by atoms with E-state index in [9.17, 15) is 30.1 Å². The van der Waals surface area contributed by atoms with E-state index in [-0.39, 0.29) is 23.5 Å². The molecular formula is C14H15N3O6. The third-order valence-corrected chi connectivity index (χ3v) is 3.94. The Balaban J connectivity index is 2.58. The summed E-state index contributed by atoms with van der Waals surface area (Å²) in [5, 5.41) is 34.3. The fraction of sp³-hybridized carbons (Fsp3) is 0.357. The topological polar surface area (TPSA) is 136 Å². The minimum Gasteiger partial charge on any atom is -0.480 e. The van der Waals surface area contributed by atoms with Crippen molar-refractivity contribution < 1.29 is 19.7 Å². The van der Waals surface area contributed by atoms with Gasteiger partial charge in [0.1, 0.15) is 5.54 Å². The van der Waals surface area contributed by atoms with E-state index in [1.807, 2.05) is 0 Å². The van der Waals surface area contributed by atoms with E-state index < -0.39 is 27.3 Å². The normalized spacial score (nSPS) is 24.0. The Bertz CT molecular complexity index is 729. The first-order chi connectivity index (χ1) is 10.7. The number of aliphatic carboxylic acids is 1. The number of benzene rings is 1. The van der Waals surface area contributed by atoms with Crippen LogP contribution >= 0.6 is 0 Å². The second-order valence-corrected chi connectivity index (χ2v) is 5.64. The summed E-state index contributed by atoms with van der Waals surface area (Å²) in [6.07, 6.45) is -0.0862. The van der Waals surface area contributed by atoms with Crippen LogP contribution in [0.25, 0.3) is 0 Å². The highest BCUT2D eigenvalue weighted by molar-refractivity contribution is 5.79. The number of nitrogens with zero attached hydrogens (tertiary/aromatic N) is 2. The van der Waals surface area contributed by atoms with Gasteiger partial charge in [0, 0.05) is 12.1 Å². The molecule has 1 aromatic rings. The SMILES string of the molecule is CC1=C([N+](=O)[O-])C(c2cccc([N+](=O)[O-])c2)CC(C)(C(=O)O)N1. The average Bonchev–Trinajstić information content (AvgIpc) is 2.45. The summed E-state index contributed by atoms with van der Waals surface area (Å²) >= 11 is 0. The molecule has 0 amide bonds. The number of carboxylic acids is 1. The summed E-state index contributed by atoms with van der Waals surface area (Å²) in [4.78, 5) is 32.6. The summed E-state index contributed by atoms with van der Waals surface area (Å²) in [6, 6.07) is 5.49. The van der Waals surface area contributed by atoms with E-state index in [1.165, 1.54) is 38.1 Å². The molecule has 1 aliphatic rings. The lowest BCUT2D eigenvalue weighted by molar-refractivity contribution is -0.433. The molecule has 2 unspecified atom stereocenters. The number of allylic oxidation sites excluding steroid dienone is 2. The minimum absolute atomic E-state index is 0.0862. The second kappa shape index (κ2) is 5.67. The van der Waals surface area contributed by atoms with Gasteiger partial charge in [-0.05, 0) is 25.8 Å². The van der Waals surface area contributed by atoms with Crippen LogP contribution in [0.15, 0.2) is 35.7 Å². The smallest absolute Gasteiger partial charge is 0.329 e. The van der Waals surface area contributed by atoms with Crippen LogP contribution in [0.3, 0.4) is 0 Å². The van der Waals surface area contributed by atoms with Crippen molar-refractivity contribution in [2.24, 2.45) is 0 Å². The molecule has 1 heterocycles. The van der Waals surface area contributed by atoms with Gasteiger partial charge in [0.15, 0.2) is 0 Å². The number of hydrogen-bond donors (Lipinski definition) is 2. The fourth-order valence-electron chi connectivity index (χ4n) is 2.83. The molecule has 0 saturated carbocycles. The van der Waals surface area contributed by atoms with Gasteiger partial charge in [0.2, 0.25) is 0 Å². The summed E-state index contributed by atoms with van der Waals surface area (Å²) < 4.78 is 0. The van der Waals surface area contributed by atoms with Crippen LogP contribution in [-0.2, 0) is 4.79 Å². The fourth-order valence-corrected chi connectivity index (χ4v) is 2.83. The van der Waals surface area contributed by atoms with Gasteiger partial charge in [-0.2, -0.15) is 0 Å². The summed E-state index contributed by atoms with van der Waals surface area (Å²) in [7, 11) is 0. The van der Waals surface area contributed by atoms with Gasteiger partial charge in [-0.15, -0.1) is 0 Å². The number of carboxylic acid groups (broad SMARTS) is 1. The highest BCUT2D eigenvalue weighted by Crippen LogP contribution is 2.39. The zero-order valence-electron chi connectivity index (χ0n) is 12.5. The first-order valence-electron chi connectivity index (χ1n) is 6.77. The van der Waals surface area contributed by atoms with Gasteiger partial charge in [-0.3, -0.25) is 20.2 Å². The molecule has 9 nitrogen and oxygen atoms in total. The third-order valence-electron chi connectivity index (χ3n) is 3.94. The van der Waals surface area contributed by atoms with E-state index in [0.717, 1.165) is 0 Å². The van der Waals surface area contributed by atoms with Crippen LogP contribution in [0.5, 0.6) is 0 Å². The number of nitro groups is 2. The van der Waals surface area contributed by atoms with Gasteiger partial charge >= 0.3 is 5.97 Å². The van der Waals surface area contributed by atoms with Crippen molar-refractivity contribution in [1.29, 1.82) is 0 Å². The average molecular weight is 321 g/mol. The van der Waals surface area contributed by atoms with Crippen LogP contribution in [0.4, 0.5) is 5.69 Å². The van der Waals surface area contributed by atoms with Gasteiger partial charge in [0.05, 0.1) is 21.5 Å². The van der Waals surface area contributed by atoms with E-state index >= 15 is 0 Å². The van der Waals surface area contributed by atoms with Gasteiger partial charge in [-0.1, -0.05) is 12.1 Å². The molecule has 1 aromatic carbocycles. The molecular weight excluding hydrogens is 306 g/mol. The molecule has 0 fully saturated rings. The Hall–Kier alpha value is -2.97. The number of non-ortho nitro benzene ring substituents is 1. The highest BCUT2D eigenvalue weighted by Gasteiger charge is 2.46. The molecule has 2 rings (SSSR count). The molecule has 0 aliphatic carbocycles. The van der Waals surface area contributed by atoms with E-state index in [1.54, 1.807) is 0 Å². The van der Waals surface area contributed by atoms with Crippen molar-refractivity contribution in [2.45, 2.75) is 31.7 Å². The first-order valence-corrected chi connectivity index (χ1v) is 6.77. The molecule has 2 atom stereocenters. The molecule has 0 bridgehead atoms. The quantitative estimate of drug-likeness (QED) is 0.639. The molecule has 0 radical (unpaired) electrons. The predicted molar refractivity (Wildman–Crippen MR) is 79.3 cm³/mol. The maximum Gasteiger partial charge on any atom is 0.329 e. The van der Waals surface area contributed by atoms with Crippen molar-refractivity contribution in [2.75, 3.05) is 0 Å². The summed E-state index contributed by atoms with van der Waals surface area (Å²) in [5.41, 5.74) is -1.27. The van der Waals surface area contributed by atoms with Gasteiger partial charge < -0.3 is 10.4 Å². The molecule has 0 spiro atoms. The lowest BCUT2D eigenvalue weighted by atomic mass is 9.79. The Kier molecular flexibility index (Phi) is 4.04.